The Morgan fingerprint density at radius 2 is 1.76 bits per heavy atom. The molecule has 6 heteroatoms. The lowest BCUT2D eigenvalue weighted by Gasteiger charge is -2.18. The molecule has 2 amide bonds. The van der Waals surface area contributed by atoms with Gasteiger partial charge in [0.05, 0.1) is 12.1 Å². The molecule has 0 aromatic heterocycles. The lowest BCUT2D eigenvalue weighted by atomic mass is 10.1. The van der Waals surface area contributed by atoms with E-state index in [4.69, 9.17) is 5.73 Å². The predicted octanol–water partition coefficient (Wildman–Crippen LogP) is 2.71. The highest BCUT2D eigenvalue weighted by atomic mass is 19.1. The summed E-state index contributed by atoms with van der Waals surface area (Å²) < 4.78 is 14.3. The van der Waals surface area contributed by atoms with Crippen LogP contribution < -0.4 is 16.0 Å². The first-order chi connectivity index (χ1) is 12.0. The summed E-state index contributed by atoms with van der Waals surface area (Å²) in [6.45, 7) is 1.69. The van der Waals surface area contributed by atoms with Crippen LogP contribution >= 0.6 is 0 Å². The molecule has 25 heavy (non-hydrogen) atoms. The van der Waals surface area contributed by atoms with Crippen LogP contribution in [0.5, 0.6) is 0 Å². The molecule has 1 fully saturated rings. The second kappa shape index (κ2) is 7.34. The molecule has 0 saturated carbocycles. The third-order valence-electron chi connectivity index (χ3n) is 4.25. The van der Waals surface area contributed by atoms with E-state index in [1.807, 2.05) is 4.90 Å². The monoisotopic (exact) mass is 341 g/mol. The highest BCUT2D eigenvalue weighted by molar-refractivity contribution is 6.04. The Hall–Kier alpha value is -2.89. The van der Waals surface area contributed by atoms with Gasteiger partial charge in [-0.3, -0.25) is 9.59 Å². The molecule has 2 aromatic rings. The summed E-state index contributed by atoms with van der Waals surface area (Å²) in [5.74, 6) is -1.17. The van der Waals surface area contributed by atoms with Crippen LogP contribution in [0, 0.1) is 5.82 Å². The molecular weight excluding hydrogens is 321 g/mol. The minimum absolute atomic E-state index is 0.150. The van der Waals surface area contributed by atoms with Crippen molar-refractivity contribution in [1.82, 2.24) is 0 Å². The molecule has 1 aliphatic rings. The van der Waals surface area contributed by atoms with Gasteiger partial charge in [0, 0.05) is 24.3 Å². The highest BCUT2D eigenvalue weighted by Crippen LogP contribution is 2.24. The molecule has 0 unspecified atom stereocenters. The number of benzene rings is 2. The van der Waals surface area contributed by atoms with Crippen LogP contribution in [-0.2, 0) is 11.2 Å². The maximum absolute atomic E-state index is 14.3. The zero-order valence-electron chi connectivity index (χ0n) is 13.8. The van der Waals surface area contributed by atoms with E-state index < -0.39 is 5.91 Å². The number of halogens is 1. The summed E-state index contributed by atoms with van der Waals surface area (Å²) in [6.07, 6.45) is 2.28. The van der Waals surface area contributed by atoms with Crippen molar-refractivity contribution in [3.05, 3.63) is 59.4 Å². The Kier molecular flexibility index (Phi) is 4.97. The SMILES string of the molecule is NC(=O)Cc1ccc(NC(=O)c2ccc(N3CCCC3)c(F)c2)cc1. The van der Waals surface area contributed by atoms with Gasteiger partial charge in [-0.2, -0.15) is 0 Å². The van der Waals surface area contributed by atoms with Gasteiger partial charge in [0.1, 0.15) is 5.82 Å². The molecule has 1 heterocycles. The lowest BCUT2D eigenvalue weighted by molar-refractivity contribution is -0.117. The van der Waals surface area contributed by atoms with Gasteiger partial charge in [0.15, 0.2) is 0 Å². The molecule has 130 valence electrons. The predicted molar refractivity (Wildman–Crippen MR) is 95.1 cm³/mol. The van der Waals surface area contributed by atoms with Gasteiger partial charge in [0.25, 0.3) is 5.91 Å². The second-order valence-electron chi connectivity index (χ2n) is 6.15. The molecular formula is C19H20FN3O2. The molecule has 1 aliphatic heterocycles. The van der Waals surface area contributed by atoms with Crippen molar-refractivity contribution >= 4 is 23.2 Å². The van der Waals surface area contributed by atoms with Crippen LogP contribution in [0.2, 0.25) is 0 Å². The van der Waals surface area contributed by atoms with Gasteiger partial charge in [-0.05, 0) is 48.7 Å². The Labute approximate surface area is 145 Å². The number of primary amides is 1. The van der Waals surface area contributed by atoms with Crippen LogP contribution in [0.15, 0.2) is 42.5 Å². The lowest BCUT2D eigenvalue weighted by Crippen LogP contribution is -2.19. The topological polar surface area (TPSA) is 75.4 Å². The summed E-state index contributed by atoms with van der Waals surface area (Å²) >= 11 is 0. The molecule has 0 spiro atoms. The smallest absolute Gasteiger partial charge is 0.255 e. The Morgan fingerprint density at radius 3 is 2.36 bits per heavy atom. The van der Waals surface area contributed by atoms with E-state index in [9.17, 15) is 14.0 Å². The van der Waals surface area contributed by atoms with E-state index in [1.54, 1.807) is 36.4 Å². The van der Waals surface area contributed by atoms with Crippen LogP contribution in [0.1, 0.15) is 28.8 Å². The number of nitrogens with one attached hydrogen (secondary N) is 1. The number of carbonyl (C=O) groups excluding carboxylic acids is 2. The van der Waals surface area contributed by atoms with Gasteiger partial charge in [-0.1, -0.05) is 12.1 Å². The summed E-state index contributed by atoms with van der Waals surface area (Å²) in [5, 5.41) is 2.72. The minimum Gasteiger partial charge on any atom is -0.369 e. The second-order valence-corrected chi connectivity index (χ2v) is 6.15. The standard InChI is InChI=1S/C19H20FN3O2/c20-16-12-14(5-8-17(16)23-9-1-2-10-23)19(25)22-15-6-3-13(4-7-15)11-18(21)24/h3-8,12H,1-2,9-11H2,(H2,21,24)(H,22,25). The van der Waals surface area contributed by atoms with E-state index in [0.29, 0.717) is 11.4 Å². The zero-order valence-corrected chi connectivity index (χ0v) is 13.8. The summed E-state index contributed by atoms with van der Waals surface area (Å²) in [6, 6.07) is 11.4. The fourth-order valence-corrected chi connectivity index (χ4v) is 2.97. The van der Waals surface area contributed by atoms with Crippen LogP contribution in [0.4, 0.5) is 15.8 Å². The van der Waals surface area contributed by atoms with Gasteiger partial charge in [-0.15, -0.1) is 0 Å². The summed E-state index contributed by atoms with van der Waals surface area (Å²) in [7, 11) is 0. The number of nitrogens with zero attached hydrogens (tertiary/aromatic N) is 1. The molecule has 0 radical (unpaired) electrons. The van der Waals surface area contributed by atoms with Crippen molar-refractivity contribution in [3.8, 4) is 0 Å². The number of amides is 2. The number of nitrogens with two attached hydrogens (primary N) is 1. The van der Waals surface area contributed by atoms with Crippen molar-refractivity contribution in [3.63, 3.8) is 0 Å². The van der Waals surface area contributed by atoms with E-state index in [0.717, 1.165) is 31.5 Å². The molecule has 2 aromatic carbocycles. The van der Waals surface area contributed by atoms with Gasteiger partial charge < -0.3 is 16.0 Å². The van der Waals surface area contributed by atoms with Gasteiger partial charge in [0.2, 0.25) is 5.91 Å². The number of rotatable bonds is 5. The first-order valence-electron chi connectivity index (χ1n) is 8.26. The highest BCUT2D eigenvalue weighted by Gasteiger charge is 2.17. The minimum atomic E-state index is -0.412. The number of carbonyl (C=O) groups is 2. The normalized spacial score (nSPS) is 13.7. The van der Waals surface area contributed by atoms with Crippen LogP contribution in [0.25, 0.3) is 0 Å². The average molecular weight is 341 g/mol. The zero-order chi connectivity index (χ0) is 17.8. The Balaban J connectivity index is 1.68. The third-order valence-corrected chi connectivity index (χ3v) is 4.25. The molecule has 3 rings (SSSR count). The Bertz CT molecular complexity index is 784. The maximum atomic E-state index is 14.3. The van der Waals surface area contributed by atoms with Gasteiger partial charge >= 0.3 is 0 Å². The molecule has 0 bridgehead atoms. The molecule has 0 aliphatic carbocycles. The third kappa shape index (κ3) is 4.15. The largest absolute Gasteiger partial charge is 0.369 e. The van der Waals surface area contributed by atoms with E-state index >= 15 is 0 Å². The van der Waals surface area contributed by atoms with Crippen molar-refractivity contribution in [2.45, 2.75) is 19.3 Å². The van der Waals surface area contributed by atoms with Crippen molar-refractivity contribution in [2.75, 3.05) is 23.3 Å². The fraction of sp³-hybridized carbons (Fsp3) is 0.263. The molecule has 5 nitrogen and oxygen atoms in total. The maximum Gasteiger partial charge on any atom is 0.255 e. The molecule has 1 saturated heterocycles. The first-order valence-corrected chi connectivity index (χ1v) is 8.26. The van der Waals surface area contributed by atoms with E-state index in [-0.39, 0.29) is 23.7 Å². The van der Waals surface area contributed by atoms with E-state index in [1.165, 1.54) is 6.07 Å². The Morgan fingerprint density at radius 1 is 1.08 bits per heavy atom. The quantitative estimate of drug-likeness (QED) is 0.878. The summed E-state index contributed by atoms with van der Waals surface area (Å²) in [5.41, 5.74) is 7.30. The van der Waals surface area contributed by atoms with Crippen LogP contribution in [-0.4, -0.2) is 24.9 Å². The number of hydrogen-bond donors (Lipinski definition) is 2. The number of hydrogen-bond acceptors (Lipinski definition) is 3. The average Bonchev–Trinajstić information content (AvgIpc) is 3.10. The van der Waals surface area contributed by atoms with Gasteiger partial charge in [-0.25, -0.2) is 4.39 Å². The van der Waals surface area contributed by atoms with Crippen LogP contribution in [0.3, 0.4) is 0 Å². The van der Waals surface area contributed by atoms with Crippen molar-refractivity contribution < 1.29 is 14.0 Å². The summed E-state index contributed by atoms with van der Waals surface area (Å²) in [4.78, 5) is 25.2. The fourth-order valence-electron chi connectivity index (χ4n) is 2.97. The van der Waals surface area contributed by atoms with Crippen molar-refractivity contribution in [1.29, 1.82) is 0 Å². The number of anilines is 2. The molecule has 3 N–H and O–H groups in total. The first kappa shape index (κ1) is 17.0. The molecule has 0 atom stereocenters. The van der Waals surface area contributed by atoms with Crippen molar-refractivity contribution in [2.24, 2.45) is 5.73 Å². The van der Waals surface area contributed by atoms with E-state index in [2.05, 4.69) is 5.32 Å².